The number of hydrogen-bond acceptors (Lipinski definition) is 5. The number of rotatable bonds is 6. The van der Waals surface area contributed by atoms with Crippen LogP contribution in [0.25, 0.3) is 0 Å². The Bertz CT molecular complexity index is 683. The summed E-state index contributed by atoms with van der Waals surface area (Å²) in [7, 11) is 0. The summed E-state index contributed by atoms with van der Waals surface area (Å²) in [6, 6.07) is 9.94. The molecule has 1 saturated carbocycles. The summed E-state index contributed by atoms with van der Waals surface area (Å²) in [5, 5.41) is 4.06. The molecule has 0 spiro atoms. The Balaban J connectivity index is 0.00000225. The maximum atomic E-state index is 11.9. The zero-order chi connectivity index (χ0) is 17.0. The number of benzene rings is 1. The first-order valence-corrected chi connectivity index (χ1v) is 8.48. The van der Waals surface area contributed by atoms with E-state index in [0.717, 1.165) is 31.2 Å². The average molecular weight is 365 g/mol. The maximum Gasteiger partial charge on any atom is 0.228 e. The van der Waals surface area contributed by atoms with Crippen molar-refractivity contribution in [2.24, 2.45) is 5.73 Å². The molecule has 1 fully saturated rings. The first kappa shape index (κ1) is 19.4. The number of nitrogens with zero attached hydrogens (tertiary/aromatic N) is 3. The average Bonchev–Trinajstić information content (AvgIpc) is 3.22. The van der Waals surface area contributed by atoms with Gasteiger partial charge in [-0.3, -0.25) is 4.79 Å². The van der Waals surface area contributed by atoms with Crippen molar-refractivity contribution in [2.45, 2.75) is 51.1 Å². The minimum atomic E-state index is -0.438. The number of carbonyl (C=O) groups is 1. The van der Waals surface area contributed by atoms with Crippen LogP contribution in [0.3, 0.4) is 0 Å². The number of hydrogen-bond donors (Lipinski definition) is 1. The zero-order valence-electron chi connectivity index (χ0n) is 14.5. The van der Waals surface area contributed by atoms with Crippen molar-refractivity contribution in [3.63, 3.8) is 0 Å². The molecule has 7 heteroatoms. The molecule has 0 saturated heterocycles. The predicted octanol–water partition coefficient (Wildman–Crippen LogP) is 2.81. The van der Waals surface area contributed by atoms with Crippen LogP contribution in [0.15, 0.2) is 34.9 Å². The SMILES string of the molecule is CC(=O)N(CCc1nc(C2(N)CCCC2)no1)Cc1ccccc1.Cl. The van der Waals surface area contributed by atoms with E-state index in [1.54, 1.807) is 11.8 Å². The highest BCUT2D eigenvalue weighted by atomic mass is 35.5. The van der Waals surface area contributed by atoms with Crippen LogP contribution in [-0.2, 0) is 23.3 Å². The molecule has 3 rings (SSSR count). The predicted molar refractivity (Wildman–Crippen MR) is 97.1 cm³/mol. The summed E-state index contributed by atoms with van der Waals surface area (Å²) < 4.78 is 5.34. The first-order chi connectivity index (χ1) is 11.6. The number of halogens is 1. The highest BCUT2D eigenvalue weighted by Gasteiger charge is 2.35. The number of amides is 1. The van der Waals surface area contributed by atoms with E-state index in [2.05, 4.69) is 10.1 Å². The van der Waals surface area contributed by atoms with Crippen molar-refractivity contribution in [3.05, 3.63) is 47.6 Å². The molecule has 1 aromatic carbocycles. The van der Waals surface area contributed by atoms with Crippen LogP contribution in [0, 0.1) is 0 Å². The highest BCUT2D eigenvalue weighted by molar-refractivity contribution is 5.85. The number of nitrogens with two attached hydrogens (primary N) is 1. The Labute approximate surface area is 154 Å². The highest BCUT2D eigenvalue weighted by Crippen LogP contribution is 2.34. The Hall–Kier alpha value is -1.92. The summed E-state index contributed by atoms with van der Waals surface area (Å²) in [4.78, 5) is 18.1. The van der Waals surface area contributed by atoms with E-state index in [1.807, 2.05) is 30.3 Å². The van der Waals surface area contributed by atoms with Crippen molar-refractivity contribution < 1.29 is 9.32 Å². The largest absolute Gasteiger partial charge is 0.339 e. The fourth-order valence-electron chi connectivity index (χ4n) is 3.17. The van der Waals surface area contributed by atoms with Gasteiger partial charge in [-0.25, -0.2) is 0 Å². The molecule has 1 aliphatic carbocycles. The van der Waals surface area contributed by atoms with Gasteiger partial charge in [0, 0.05) is 26.4 Å². The van der Waals surface area contributed by atoms with E-state index < -0.39 is 5.54 Å². The third-order valence-electron chi connectivity index (χ3n) is 4.67. The molecule has 1 aromatic heterocycles. The standard InChI is InChI=1S/C18H24N4O2.ClH/c1-14(23)22(13-15-7-3-2-4-8-15)12-9-16-20-17(21-24-16)18(19)10-5-6-11-18;/h2-4,7-8H,5-6,9-13,19H2,1H3;1H. The fourth-order valence-corrected chi connectivity index (χ4v) is 3.17. The second-order valence-corrected chi connectivity index (χ2v) is 6.55. The first-order valence-electron chi connectivity index (χ1n) is 8.48. The second-order valence-electron chi connectivity index (χ2n) is 6.55. The smallest absolute Gasteiger partial charge is 0.228 e. The van der Waals surface area contributed by atoms with E-state index in [9.17, 15) is 4.79 Å². The minimum Gasteiger partial charge on any atom is -0.339 e. The molecule has 1 aliphatic rings. The molecule has 0 unspecified atom stereocenters. The molecule has 25 heavy (non-hydrogen) atoms. The second kappa shape index (κ2) is 8.45. The molecule has 2 N–H and O–H groups in total. The van der Waals surface area contributed by atoms with Crippen LogP contribution in [0.5, 0.6) is 0 Å². The molecular formula is C18H25ClN4O2. The quantitative estimate of drug-likeness (QED) is 0.851. The molecule has 1 amide bonds. The molecule has 0 radical (unpaired) electrons. The van der Waals surface area contributed by atoms with Crippen molar-refractivity contribution >= 4 is 18.3 Å². The van der Waals surface area contributed by atoms with Crippen LogP contribution in [0.2, 0.25) is 0 Å². The van der Waals surface area contributed by atoms with Crippen LogP contribution in [0.4, 0.5) is 0 Å². The van der Waals surface area contributed by atoms with E-state index >= 15 is 0 Å². The van der Waals surface area contributed by atoms with Crippen LogP contribution >= 0.6 is 12.4 Å². The number of aromatic nitrogens is 2. The molecule has 2 aromatic rings. The van der Waals surface area contributed by atoms with E-state index in [-0.39, 0.29) is 18.3 Å². The molecular weight excluding hydrogens is 340 g/mol. The maximum absolute atomic E-state index is 11.9. The third kappa shape index (κ3) is 4.80. The van der Waals surface area contributed by atoms with Gasteiger partial charge in [0.05, 0.1) is 5.54 Å². The van der Waals surface area contributed by atoms with Gasteiger partial charge in [0.1, 0.15) is 0 Å². The summed E-state index contributed by atoms with van der Waals surface area (Å²) >= 11 is 0. The normalized spacial score (nSPS) is 15.6. The Morgan fingerprint density at radius 3 is 2.60 bits per heavy atom. The van der Waals surface area contributed by atoms with Gasteiger partial charge >= 0.3 is 0 Å². The summed E-state index contributed by atoms with van der Waals surface area (Å²) in [5.74, 6) is 1.18. The van der Waals surface area contributed by atoms with E-state index in [0.29, 0.717) is 31.2 Å². The third-order valence-corrected chi connectivity index (χ3v) is 4.67. The fraction of sp³-hybridized carbons (Fsp3) is 0.500. The van der Waals surface area contributed by atoms with E-state index in [1.165, 1.54) is 0 Å². The topological polar surface area (TPSA) is 85.2 Å². The molecule has 0 atom stereocenters. The van der Waals surface area contributed by atoms with Gasteiger partial charge in [-0.05, 0) is 18.4 Å². The number of carbonyl (C=O) groups excluding carboxylic acids is 1. The summed E-state index contributed by atoms with van der Waals surface area (Å²) in [6.07, 6.45) is 4.56. The van der Waals surface area contributed by atoms with Gasteiger partial charge in [0.15, 0.2) is 5.82 Å². The lowest BCUT2D eigenvalue weighted by molar-refractivity contribution is -0.129. The van der Waals surface area contributed by atoms with Crippen molar-refractivity contribution in [1.82, 2.24) is 15.0 Å². The van der Waals surface area contributed by atoms with Crippen LogP contribution < -0.4 is 5.73 Å². The molecule has 6 nitrogen and oxygen atoms in total. The van der Waals surface area contributed by atoms with Gasteiger partial charge < -0.3 is 15.2 Å². The van der Waals surface area contributed by atoms with Crippen molar-refractivity contribution in [1.29, 1.82) is 0 Å². The summed E-state index contributed by atoms with van der Waals surface area (Å²) in [5.41, 5.74) is 7.01. The molecule has 0 aliphatic heterocycles. The molecule has 0 bridgehead atoms. The molecule has 1 heterocycles. The van der Waals surface area contributed by atoms with E-state index in [4.69, 9.17) is 10.3 Å². The van der Waals surface area contributed by atoms with Crippen molar-refractivity contribution in [2.75, 3.05) is 6.54 Å². The van der Waals surface area contributed by atoms with Gasteiger partial charge in [0.25, 0.3) is 0 Å². The monoisotopic (exact) mass is 364 g/mol. The van der Waals surface area contributed by atoms with Gasteiger partial charge in [-0.1, -0.05) is 48.3 Å². The lowest BCUT2D eigenvalue weighted by Crippen LogP contribution is -2.34. The van der Waals surface area contributed by atoms with Crippen LogP contribution in [0.1, 0.15) is 49.9 Å². The lowest BCUT2D eigenvalue weighted by atomic mass is 9.99. The Morgan fingerprint density at radius 1 is 1.28 bits per heavy atom. The lowest BCUT2D eigenvalue weighted by Gasteiger charge is -2.20. The van der Waals surface area contributed by atoms with Crippen molar-refractivity contribution in [3.8, 4) is 0 Å². The Morgan fingerprint density at radius 2 is 1.96 bits per heavy atom. The van der Waals surface area contributed by atoms with Gasteiger partial charge in [-0.15, -0.1) is 12.4 Å². The zero-order valence-corrected chi connectivity index (χ0v) is 15.3. The molecule has 136 valence electrons. The minimum absolute atomic E-state index is 0. The summed E-state index contributed by atoms with van der Waals surface area (Å²) in [6.45, 7) is 2.71. The Kier molecular flexibility index (Phi) is 6.56. The van der Waals surface area contributed by atoms with Gasteiger partial charge in [-0.2, -0.15) is 4.98 Å². The van der Waals surface area contributed by atoms with Crippen LogP contribution in [-0.4, -0.2) is 27.5 Å². The van der Waals surface area contributed by atoms with Gasteiger partial charge in [0.2, 0.25) is 11.8 Å².